The third kappa shape index (κ3) is 2.64. The van der Waals surface area contributed by atoms with E-state index >= 15 is 0 Å². The molecule has 0 radical (unpaired) electrons. The number of likely N-dealkylation sites (tertiary alicyclic amines) is 1. The lowest BCUT2D eigenvalue weighted by Gasteiger charge is -2.23. The maximum atomic E-state index is 12.3. The number of hydrogen-bond donors (Lipinski definition) is 1. The number of nitrogens with one attached hydrogen (secondary N) is 1. The van der Waals surface area contributed by atoms with E-state index < -0.39 is 0 Å². The molecular weight excluding hydrogens is 342 g/mol. The monoisotopic (exact) mass is 363 g/mol. The van der Waals surface area contributed by atoms with Crippen LogP contribution in [0.4, 0.5) is 0 Å². The van der Waals surface area contributed by atoms with Crippen molar-refractivity contribution in [2.45, 2.75) is 32.4 Å². The van der Waals surface area contributed by atoms with E-state index in [1.807, 2.05) is 19.1 Å². The molecule has 27 heavy (non-hydrogen) atoms. The molecule has 1 N–H and O–H groups in total. The van der Waals surface area contributed by atoms with Gasteiger partial charge in [0.05, 0.1) is 22.8 Å². The molecular formula is C19H21N7O. The largest absolute Gasteiger partial charge is 0.330 e. The quantitative estimate of drug-likeness (QED) is 0.601. The van der Waals surface area contributed by atoms with E-state index in [4.69, 9.17) is 4.98 Å². The van der Waals surface area contributed by atoms with Gasteiger partial charge in [0.25, 0.3) is 11.3 Å². The normalized spacial score (nSPS) is 18.1. The number of H-pyrrole nitrogens is 1. The first-order valence-corrected chi connectivity index (χ1v) is 9.21. The summed E-state index contributed by atoms with van der Waals surface area (Å²) in [7, 11) is 2.07. The highest BCUT2D eigenvalue weighted by Gasteiger charge is 2.30. The van der Waals surface area contributed by atoms with E-state index in [9.17, 15) is 4.79 Å². The molecule has 3 aromatic heterocycles. The van der Waals surface area contributed by atoms with Crippen LogP contribution < -0.4 is 5.56 Å². The molecule has 1 saturated heterocycles. The Kier molecular flexibility index (Phi) is 3.61. The number of para-hydroxylation sites is 2. The van der Waals surface area contributed by atoms with E-state index in [0.717, 1.165) is 41.9 Å². The maximum Gasteiger partial charge on any atom is 0.274 e. The van der Waals surface area contributed by atoms with E-state index in [1.165, 1.54) is 4.52 Å². The standard InChI is InChI=1S/C19H21N7O/c1-12-20-19-21-13(10-17(27)26(19)23-12)11-25-9-5-8-16(25)18-22-14-6-3-4-7-15(14)24(18)2/h3-4,6-7,10,16H,5,8-9,11H2,1-2H3,(H,20,21,23)/t16-/m0/s1. The molecule has 1 aliphatic heterocycles. The highest BCUT2D eigenvalue weighted by molar-refractivity contribution is 5.75. The fourth-order valence-electron chi connectivity index (χ4n) is 4.09. The van der Waals surface area contributed by atoms with Crippen molar-refractivity contribution >= 4 is 16.8 Å². The summed E-state index contributed by atoms with van der Waals surface area (Å²) >= 11 is 0. The number of fused-ring (bicyclic) bond motifs is 2. The zero-order valence-corrected chi connectivity index (χ0v) is 15.4. The van der Waals surface area contributed by atoms with Crippen LogP contribution in [-0.4, -0.2) is 40.6 Å². The summed E-state index contributed by atoms with van der Waals surface area (Å²) in [6, 6.07) is 10.0. The van der Waals surface area contributed by atoms with Gasteiger partial charge in [0.15, 0.2) is 0 Å². The van der Waals surface area contributed by atoms with Crippen LogP contribution in [0.3, 0.4) is 0 Å². The third-order valence-electron chi connectivity index (χ3n) is 5.34. The lowest BCUT2D eigenvalue weighted by atomic mass is 10.2. The number of rotatable bonds is 3. The highest BCUT2D eigenvalue weighted by atomic mass is 16.1. The van der Waals surface area contributed by atoms with Gasteiger partial charge in [0.2, 0.25) is 0 Å². The van der Waals surface area contributed by atoms with Gasteiger partial charge in [-0.05, 0) is 38.4 Å². The predicted molar refractivity (Wildman–Crippen MR) is 101 cm³/mol. The molecule has 1 fully saturated rings. The second kappa shape index (κ2) is 6.02. The molecule has 0 unspecified atom stereocenters. The molecule has 1 aromatic carbocycles. The number of hydrogen-bond acceptors (Lipinski definition) is 5. The van der Waals surface area contributed by atoms with Crippen molar-refractivity contribution in [3.63, 3.8) is 0 Å². The van der Waals surface area contributed by atoms with Gasteiger partial charge >= 0.3 is 0 Å². The lowest BCUT2D eigenvalue weighted by molar-refractivity contribution is 0.234. The summed E-state index contributed by atoms with van der Waals surface area (Å²) in [5, 5.41) is 2.91. The molecule has 4 heterocycles. The Labute approximate surface area is 155 Å². The predicted octanol–water partition coefficient (Wildman–Crippen LogP) is 1.95. The van der Waals surface area contributed by atoms with Crippen LogP contribution >= 0.6 is 0 Å². The van der Waals surface area contributed by atoms with Crippen LogP contribution in [-0.2, 0) is 13.6 Å². The molecule has 5 rings (SSSR count). The van der Waals surface area contributed by atoms with Crippen LogP contribution in [0.2, 0.25) is 0 Å². The fraction of sp³-hybridized carbons (Fsp3) is 0.368. The van der Waals surface area contributed by atoms with E-state index in [-0.39, 0.29) is 11.6 Å². The van der Waals surface area contributed by atoms with Gasteiger partial charge in [-0.25, -0.2) is 9.97 Å². The number of imidazole rings is 1. The number of aromatic nitrogens is 6. The first kappa shape index (κ1) is 16.2. The minimum absolute atomic E-state index is 0.130. The van der Waals surface area contributed by atoms with Gasteiger partial charge in [-0.1, -0.05) is 12.1 Å². The molecule has 0 spiro atoms. The lowest BCUT2D eigenvalue weighted by Crippen LogP contribution is -2.27. The van der Waals surface area contributed by atoms with Crippen LogP contribution in [0.25, 0.3) is 16.8 Å². The van der Waals surface area contributed by atoms with Crippen LogP contribution in [0, 0.1) is 6.92 Å². The summed E-state index contributed by atoms with van der Waals surface area (Å²) < 4.78 is 3.56. The molecule has 8 heteroatoms. The van der Waals surface area contributed by atoms with E-state index in [2.05, 4.69) is 43.7 Å². The minimum atomic E-state index is -0.130. The molecule has 4 aromatic rings. The zero-order chi connectivity index (χ0) is 18.5. The van der Waals surface area contributed by atoms with E-state index in [1.54, 1.807) is 6.07 Å². The van der Waals surface area contributed by atoms with Gasteiger partial charge in [0, 0.05) is 19.7 Å². The second-order valence-corrected chi connectivity index (χ2v) is 7.18. The molecule has 1 aliphatic rings. The van der Waals surface area contributed by atoms with Crippen molar-refractivity contribution in [2.75, 3.05) is 6.54 Å². The summed E-state index contributed by atoms with van der Waals surface area (Å²) in [6.45, 7) is 3.40. The Morgan fingerprint density at radius 2 is 2.07 bits per heavy atom. The summed E-state index contributed by atoms with van der Waals surface area (Å²) in [5.74, 6) is 2.17. The second-order valence-electron chi connectivity index (χ2n) is 7.18. The Bertz CT molecular complexity index is 1200. The van der Waals surface area contributed by atoms with Crippen molar-refractivity contribution in [2.24, 2.45) is 7.05 Å². The molecule has 1 atom stereocenters. The Morgan fingerprint density at radius 1 is 1.22 bits per heavy atom. The van der Waals surface area contributed by atoms with Gasteiger partial charge in [0.1, 0.15) is 11.6 Å². The Balaban J connectivity index is 1.49. The zero-order valence-electron chi connectivity index (χ0n) is 15.4. The van der Waals surface area contributed by atoms with Crippen LogP contribution in [0.1, 0.15) is 36.2 Å². The molecule has 0 amide bonds. The first-order valence-electron chi connectivity index (χ1n) is 9.21. The fourth-order valence-corrected chi connectivity index (χ4v) is 4.09. The first-order chi connectivity index (χ1) is 13.1. The maximum absolute atomic E-state index is 12.3. The summed E-state index contributed by atoms with van der Waals surface area (Å²) in [6.07, 6.45) is 2.16. The van der Waals surface area contributed by atoms with Crippen molar-refractivity contribution in [3.8, 4) is 0 Å². The molecule has 0 aliphatic carbocycles. The van der Waals surface area contributed by atoms with Crippen LogP contribution in [0.15, 0.2) is 35.1 Å². The molecule has 138 valence electrons. The third-order valence-corrected chi connectivity index (χ3v) is 5.34. The van der Waals surface area contributed by atoms with Gasteiger partial charge < -0.3 is 4.57 Å². The number of nitrogens with zero attached hydrogens (tertiary/aromatic N) is 6. The highest BCUT2D eigenvalue weighted by Crippen LogP contribution is 2.33. The molecule has 0 saturated carbocycles. The smallest absolute Gasteiger partial charge is 0.274 e. The van der Waals surface area contributed by atoms with Gasteiger partial charge in [-0.2, -0.15) is 9.50 Å². The van der Waals surface area contributed by atoms with Gasteiger partial charge in [-0.15, -0.1) is 0 Å². The Morgan fingerprint density at radius 3 is 2.93 bits per heavy atom. The number of benzene rings is 1. The van der Waals surface area contributed by atoms with Crippen molar-refractivity contribution < 1.29 is 0 Å². The van der Waals surface area contributed by atoms with Crippen molar-refractivity contribution in [1.29, 1.82) is 0 Å². The minimum Gasteiger partial charge on any atom is -0.330 e. The average Bonchev–Trinajstić information content (AvgIpc) is 3.33. The van der Waals surface area contributed by atoms with Crippen molar-refractivity contribution in [1.82, 2.24) is 34.0 Å². The number of aromatic amines is 1. The average molecular weight is 363 g/mol. The molecule has 0 bridgehead atoms. The topological polar surface area (TPSA) is 84.1 Å². The van der Waals surface area contributed by atoms with Crippen LogP contribution in [0.5, 0.6) is 0 Å². The summed E-state index contributed by atoms with van der Waals surface area (Å²) in [4.78, 5) is 28.4. The summed E-state index contributed by atoms with van der Waals surface area (Å²) in [5.41, 5.74) is 2.78. The van der Waals surface area contributed by atoms with Gasteiger partial charge in [-0.3, -0.25) is 14.8 Å². The number of aryl methyl sites for hydroxylation is 2. The Hall–Kier alpha value is -3.00. The molecule has 8 nitrogen and oxygen atoms in total. The van der Waals surface area contributed by atoms with E-state index in [0.29, 0.717) is 18.1 Å². The van der Waals surface area contributed by atoms with Crippen molar-refractivity contribution in [3.05, 3.63) is 58.0 Å². The SMILES string of the molecule is Cc1nc2nc(CN3CCC[C@H]3c3nc4ccccc4n3C)cc(=O)n2[nH]1.